The molecule has 0 radical (unpaired) electrons. The minimum atomic E-state index is -0.123. The van der Waals surface area contributed by atoms with Gasteiger partial charge in [0, 0.05) is 18.8 Å². The van der Waals surface area contributed by atoms with E-state index in [1.807, 2.05) is 26.0 Å². The van der Waals surface area contributed by atoms with E-state index in [-0.39, 0.29) is 18.4 Å². The first-order valence-corrected chi connectivity index (χ1v) is 6.30. The highest BCUT2D eigenvalue weighted by molar-refractivity contribution is 6.00. The molecule has 0 saturated heterocycles. The van der Waals surface area contributed by atoms with E-state index in [9.17, 15) is 4.79 Å². The van der Waals surface area contributed by atoms with Gasteiger partial charge in [0.15, 0.2) is 0 Å². The third-order valence-electron chi connectivity index (χ3n) is 3.00. The van der Waals surface area contributed by atoms with Gasteiger partial charge in [-0.2, -0.15) is 0 Å². The van der Waals surface area contributed by atoms with E-state index < -0.39 is 0 Å². The molecule has 0 heterocycles. The first-order chi connectivity index (χ1) is 8.56. The fourth-order valence-electron chi connectivity index (χ4n) is 1.83. The van der Waals surface area contributed by atoms with Crippen molar-refractivity contribution in [2.24, 2.45) is 5.92 Å². The number of aliphatic hydroxyl groups excluding tert-OH is 1. The zero-order valence-electron chi connectivity index (χ0n) is 11.1. The number of benzene rings is 1. The summed E-state index contributed by atoms with van der Waals surface area (Å²) in [6.45, 7) is 4.66. The summed E-state index contributed by atoms with van der Waals surface area (Å²) in [5.41, 5.74) is 7.76. The Bertz CT molecular complexity index is 385. The van der Waals surface area contributed by atoms with Crippen LogP contribution in [0, 0.1) is 12.8 Å². The molecule has 0 bridgehead atoms. The Morgan fingerprint density at radius 1 is 1.50 bits per heavy atom. The largest absolute Gasteiger partial charge is 0.398 e. The Morgan fingerprint density at radius 2 is 2.22 bits per heavy atom. The predicted molar refractivity (Wildman–Crippen MR) is 73.4 cm³/mol. The lowest BCUT2D eigenvalue weighted by Crippen LogP contribution is -2.26. The Kier molecular flexibility index (Phi) is 5.65. The summed E-state index contributed by atoms with van der Waals surface area (Å²) in [5.74, 6) is 0.160. The molecular weight excluding hydrogens is 228 g/mol. The Hall–Kier alpha value is -1.55. The number of carbonyl (C=O) groups is 1. The number of hydrogen-bond acceptors (Lipinski definition) is 3. The fraction of sp³-hybridized carbons (Fsp3) is 0.500. The van der Waals surface area contributed by atoms with Crippen molar-refractivity contribution in [3.8, 4) is 0 Å². The smallest absolute Gasteiger partial charge is 0.253 e. The van der Waals surface area contributed by atoms with Gasteiger partial charge in [-0.3, -0.25) is 4.79 Å². The van der Waals surface area contributed by atoms with Crippen molar-refractivity contribution in [2.45, 2.75) is 26.7 Å². The van der Waals surface area contributed by atoms with Crippen LogP contribution < -0.4 is 11.1 Å². The molecule has 0 aliphatic rings. The number of amides is 1. The van der Waals surface area contributed by atoms with E-state index in [0.717, 1.165) is 18.4 Å². The quantitative estimate of drug-likeness (QED) is 0.531. The minimum absolute atomic E-state index is 0.123. The fourth-order valence-corrected chi connectivity index (χ4v) is 1.83. The number of nitrogen functional groups attached to an aromatic ring is 1. The molecule has 4 N–H and O–H groups in total. The lowest BCUT2D eigenvalue weighted by molar-refractivity contribution is 0.0952. The van der Waals surface area contributed by atoms with Crippen LogP contribution in [0.3, 0.4) is 0 Å². The van der Waals surface area contributed by atoms with E-state index in [2.05, 4.69) is 5.32 Å². The summed E-state index contributed by atoms with van der Waals surface area (Å²) in [6, 6.07) is 5.44. The second-order valence-electron chi connectivity index (χ2n) is 4.73. The number of nitrogens with one attached hydrogen (secondary N) is 1. The van der Waals surface area contributed by atoms with Gasteiger partial charge >= 0.3 is 0 Å². The number of hydrogen-bond donors (Lipinski definition) is 3. The SMILES string of the molecule is Cc1cccc(N)c1C(=O)NCCCC(C)CO. The van der Waals surface area contributed by atoms with Crippen molar-refractivity contribution in [3.05, 3.63) is 29.3 Å². The monoisotopic (exact) mass is 250 g/mol. The Morgan fingerprint density at radius 3 is 2.83 bits per heavy atom. The van der Waals surface area contributed by atoms with Crippen molar-refractivity contribution in [3.63, 3.8) is 0 Å². The summed E-state index contributed by atoms with van der Waals surface area (Å²) in [5, 5.41) is 11.7. The summed E-state index contributed by atoms with van der Waals surface area (Å²) in [7, 11) is 0. The van der Waals surface area contributed by atoms with Crippen LogP contribution >= 0.6 is 0 Å². The number of anilines is 1. The molecule has 100 valence electrons. The highest BCUT2D eigenvalue weighted by atomic mass is 16.3. The topological polar surface area (TPSA) is 75.4 Å². The van der Waals surface area contributed by atoms with Crippen LogP contribution in [0.15, 0.2) is 18.2 Å². The molecule has 0 aliphatic heterocycles. The van der Waals surface area contributed by atoms with E-state index in [4.69, 9.17) is 10.8 Å². The normalized spacial score (nSPS) is 12.2. The van der Waals surface area contributed by atoms with Gasteiger partial charge < -0.3 is 16.2 Å². The van der Waals surface area contributed by atoms with Crippen molar-refractivity contribution in [2.75, 3.05) is 18.9 Å². The molecule has 4 nitrogen and oxygen atoms in total. The minimum Gasteiger partial charge on any atom is -0.398 e. The highest BCUT2D eigenvalue weighted by Gasteiger charge is 2.11. The summed E-state index contributed by atoms with van der Waals surface area (Å²) >= 11 is 0. The summed E-state index contributed by atoms with van der Waals surface area (Å²) in [4.78, 5) is 12.0. The van der Waals surface area contributed by atoms with E-state index in [1.54, 1.807) is 6.07 Å². The predicted octanol–water partition coefficient (Wildman–Crippen LogP) is 1.72. The molecule has 18 heavy (non-hydrogen) atoms. The van der Waals surface area contributed by atoms with Crippen molar-refractivity contribution < 1.29 is 9.90 Å². The molecule has 1 amide bonds. The maximum atomic E-state index is 12.0. The zero-order valence-corrected chi connectivity index (χ0v) is 11.1. The molecule has 1 aromatic carbocycles. The van der Waals surface area contributed by atoms with Gasteiger partial charge in [0.2, 0.25) is 0 Å². The highest BCUT2D eigenvalue weighted by Crippen LogP contribution is 2.15. The average Bonchev–Trinajstić information content (AvgIpc) is 2.34. The number of rotatable bonds is 6. The van der Waals surface area contributed by atoms with Crippen LogP contribution in [-0.2, 0) is 0 Å². The molecule has 0 aliphatic carbocycles. The molecule has 1 atom stereocenters. The molecular formula is C14H22N2O2. The molecule has 0 aromatic heterocycles. The lowest BCUT2D eigenvalue weighted by Gasteiger charge is -2.11. The summed E-state index contributed by atoms with van der Waals surface area (Å²) < 4.78 is 0. The van der Waals surface area contributed by atoms with E-state index in [0.29, 0.717) is 17.8 Å². The maximum Gasteiger partial charge on any atom is 0.253 e. The Labute approximate surface area is 108 Å². The second kappa shape index (κ2) is 7.01. The molecule has 0 spiro atoms. The van der Waals surface area contributed by atoms with Gasteiger partial charge in [-0.15, -0.1) is 0 Å². The van der Waals surface area contributed by atoms with E-state index in [1.165, 1.54) is 0 Å². The van der Waals surface area contributed by atoms with Gasteiger partial charge in [-0.05, 0) is 37.3 Å². The maximum absolute atomic E-state index is 12.0. The number of aryl methyl sites for hydroxylation is 1. The zero-order chi connectivity index (χ0) is 13.5. The third-order valence-corrected chi connectivity index (χ3v) is 3.00. The van der Waals surface area contributed by atoms with Crippen LogP contribution in [0.1, 0.15) is 35.7 Å². The average molecular weight is 250 g/mol. The molecule has 1 rings (SSSR count). The molecule has 4 heteroatoms. The van der Waals surface area contributed by atoms with Crippen molar-refractivity contribution in [1.29, 1.82) is 0 Å². The molecule has 1 unspecified atom stereocenters. The van der Waals surface area contributed by atoms with Gasteiger partial charge in [0.1, 0.15) is 0 Å². The van der Waals surface area contributed by atoms with Gasteiger partial charge in [0.25, 0.3) is 5.91 Å². The van der Waals surface area contributed by atoms with E-state index >= 15 is 0 Å². The summed E-state index contributed by atoms with van der Waals surface area (Å²) in [6.07, 6.45) is 1.76. The van der Waals surface area contributed by atoms with Crippen molar-refractivity contribution in [1.82, 2.24) is 5.32 Å². The first-order valence-electron chi connectivity index (χ1n) is 6.30. The van der Waals surface area contributed by atoms with Crippen molar-refractivity contribution >= 4 is 11.6 Å². The molecule has 1 aromatic rings. The van der Waals surface area contributed by atoms with Gasteiger partial charge in [-0.25, -0.2) is 0 Å². The van der Waals surface area contributed by atoms with Crippen LogP contribution in [0.25, 0.3) is 0 Å². The van der Waals surface area contributed by atoms with Crippen LogP contribution in [-0.4, -0.2) is 24.2 Å². The van der Waals surface area contributed by atoms with Gasteiger partial charge in [0.05, 0.1) is 5.56 Å². The molecule has 0 saturated carbocycles. The second-order valence-corrected chi connectivity index (χ2v) is 4.73. The lowest BCUT2D eigenvalue weighted by atomic mass is 10.1. The Balaban J connectivity index is 2.46. The van der Waals surface area contributed by atoms with Crippen LogP contribution in [0.2, 0.25) is 0 Å². The standard InChI is InChI=1S/C14H22N2O2/c1-10(9-17)5-4-8-16-14(18)13-11(2)6-3-7-12(13)15/h3,6-7,10,17H,4-5,8-9,15H2,1-2H3,(H,16,18). The first kappa shape index (κ1) is 14.5. The van der Waals surface area contributed by atoms with Crippen LogP contribution in [0.4, 0.5) is 5.69 Å². The van der Waals surface area contributed by atoms with Gasteiger partial charge in [-0.1, -0.05) is 19.1 Å². The number of nitrogens with two attached hydrogens (primary N) is 1. The third kappa shape index (κ3) is 4.04. The van der Waals surface area contributed by atoms with Crippen LogP contribution in [0.5, 0.6) is 0 Å². The number of aliphatic hydroxyl groups is 1. The number of carbonyl (C=O) groups excluding carboxylic acids is 1. The molecule has 0 fully saturated rings.